The number of hydrogen-bond donors (Lipinski definition) is 2. The second-order valence-electron chi connectivity index (χ2n) is 7.86. The first-order valence-corrected chi connectivity index (χ1v) is 10.6. The molecule has 1 heterocycles. The molecular formula is C22H33N3O3. The molecule has 6 nitrogen and oxygen atoms in total. The van der Waals surface area contributed by atoms with E-state index in [2.05, 4.69) is 10.6 Å². The standard InChI is InChI=1S/C22H33N3O3/c1-28-18-12-10-17(11-13-18)16-24-22(27)25-15-7-3-2-6-14-23-21(26)19-8-4-5-9-20(19)25/h10-13,19-20H,2-9,14-16H2,1H3,(H,23,26)(H,24,27). The molecule has 1 saturated carbocycles. The van der Waals surface area contributed by atoms with Crippen LogP contribution in [0.15, 0.2) is 24.3 Å². The highest BCUT2D eigenvalue weighted by Crippen LogP contribution is 2.30. The van der Waals surface area contributed by atoms with Crippen molar-refractivity contribution in [3.63, 3.8) is 0 Å². The first-order chi connectivity index (χ1) is 13.7. The van der Waals surface area contributed by atoms with Crippen molar-refractivity contribution in [1.29, 1.82) is 0 Å². The van der Waals surface area contributed by atoms with Crippen molar-refractivity contribution in [1.82, 2.24) is 15.5 Å². The van der Waals surface area contributed by atoms with E-state index in [4.69, 9.17) is 4.74 Å². The maximum Gasteiger partial charge on any atom is 0.317 e. The molecule has 2 N–H and O–H groups in total. The lowest BCUT2D eigenvalue weighted by Crippen LogP contribution is -2.53. The Morgan fingerprint density at radius 1 is 1.11 bits per heavy atom. The van der Waals surface area contributed by atoms with E-state index >= 15 is 0 Å². The van der Waals surface area contributed by atoms with Crippen LogP contribution in [0.1, 0.15) is 56.9 Å². The van der Waals surface area contributed by atoms with E-state index in [0.717, 1.165) is 75.8 Å². The summed E-state index contributed by atoms with van der Waals surface area (Å²) in [6, 6.07) is 7.67. The average molecular weight is 388 g/mol. The summed E-state index contributed by atoms with van der Waals surface area (Å²) in [5, 5.41) is 6.17. The largest absolute Gasteiger partial charge is 0.497 e. The zero-order chi connectivity index (χ0) is 19.8. The lowest BCUT2D eigenvalue weighted by Gasteiger charge is -2.39. The minimum atomic E-state index is -0.0846. The number of nitrogens with one attached hydrogen (secondary N) is 2. The minimum Gasteiger partial charge on any atom is -0.497 e. The lowest BCUT2D eigenvalue weighted by molar-refractivity contribution is -0.127. The third-order valence-corrected chi connectivity index (χ3v) is 5.96. The Bertz CT molecular complexity index is 647. The number of carbonyl (C=O) groups is 2. The normalized spacial score (nSPS) is 23.8. The van der Waals surface area contributed by atoms with Gasteiger partial charge in [0, 0.05) is 25.7 Å². The zero-order valence-corrected chi connectivity index (χ0v) is 16.9. The fraction of sp³-hybridized carbons (Fsp3) is 0.636. The SMILES string of the molecule is COc1ccc(CNC(=O)N2CCCCCCNC(=O)C3CCCCC32)cc1. The first kappa shape index (κ1) is 20.5. The maximum absolute atomic E-state index is 13.1. The molecule has 1 aromatic carbocycles. The maximum atomic E-state index is 13.1. The van der Waals surface area contributed by atoms with Crippen LogP contribution in [0, 0.1) is 5.92 Å². The van der Waals surface area contributed by atoms with Gasteiger partial charge < -0.3 is 20.3 Å². The Labute approximate surface area is 168 Å². The highest BCUT2D eigenvalue weighted by atomic mass is 16.5. The molecule has 0 bridgehead atoms. The summed E-state index contributed by atoms with van der Waals surface area (Å²) < 4.78 is 5.18. The molecule has 3 amide bonds. The van der Waals surface area contributed by atoms with Gasteiger partial charge in [-0.1, -0.05) is 37.8 Å². The second-order valence-corrected chi connectivity index (χ2v) is 7.86. The first-order valence-electron chi connectivity index (χ1n) is 10.6. The van der Waals surface area contributed by atoms with Gasteiger partial charge in [0.15, 0.2) is 0 Å². The summed E-state index contributed by atoms with van der Waals surface area (Å²) in [7, 11) is 1.64. The highest BCUT2D eigenvalue weighted by Gasteiger charge is 2.36. The quantitative estimate of drug-likeness (QED) is 0.834. The van der Waals surface area contributed by atoms with Crippen LogP contribution in [-0.4, -0.2) is 43.1 Å². The van der Waals surface area contributed by atoms with Gasteiger partial charge >= 0.3 is 6.03 Å². The molecule has 0 spiro atoms. The van der Waals surface area contributed by atoms with Crippen molar-refractivity contribution >= 4 is 11.9 Å². The topological polar surface area (TPSA) is 70.7 Å². The van der Waals surface area contributed by atoms with Crippen molar-refractivity contribution in [3.8, 4) is 5.75 Å². The van der Waals surface area contributed by atoms with Crippen LogP contribution in [-0.2, 0) is 11.3 Å². The van der Waals surface area contributed by atoms with Gasteiger partial charge in [0.25, 0.3) is 0 Å². The Hall–Kier alpha value is -2.24. The van der Waals surface area contributed by atoms with E-state index in [-0.39, 0.29) is 23.9 Å². The van der Waals surface area contributed by atoms with Gasteiger partial charge in [-0.05, 0) is 43.4 Å². The van der Waals surface area contributed by atoms with Gasteiger partial charge in [-0.3, -0.25) is 4.79 Å². The minimum absolute atomic E-state index is 0.00252. The van der Waals surface area contributed by atoms with Crippen LogP contribution in [0.3, 0.4) is 0 Å². The third-order valence-electron chi connectivity index (χ3n) is 5.96. The smallest absolute Gasteiger partial charge is 0.317 e. The van der Waals surface area contributed by atoms with Crippen molar-refractivity contribution in [2.75, 3.05) is 20.2 Å². The van der Waals surface area contributed by atoms with Gasteiger partial charge in [0.05, 0.1) is 13.0 Å². The molecular weight excluding hydrogens is 354 g/mol. The number of amides is 3. The number of carbonyl (C=O) groups excluding carboxylic acids is 2. The molecule has 3 rings (SSSR count). The second kappa shape index (κ2) is 10.3. The van der Waals surface area contributed by atoms with Crippen LogP contribution in [0.25, 0.3) is 0 Å². The van der Waals surface area contributed by atoms with Gasteiger partial charge in [0.2, 0.25) is 5.91 Å². The van der Waals surface area contributed by atoms with Gasteiger partial charge in [0.1, 0.15) is 5.75 Å². The Kier molecular flexibility index (Phi) is 7.57. The molecule has 2 aliphatic rings. The number of methoxy groups -OCH3 is 1. The van der Waals surface area contributed by atoms with E-state index in [9.17, 15) is 9.59 Å². The number of fused-ring (bicyclic) bond motifs is 1. The van der Waals surface area contributed by atoms with Crippen molar-refractivity contribution in [2.24, 2.45) is 5.92 Å². The zero-order valence-electron chi connectivity index (χ0n) is 16.9. The highest BCUT2D eigenvalue weighted by molar-refractivity contribution is 5.81. The van der Waals surface area contributed by atoms with Crippen molar-refractivity contribution < 1.29 is 14.3 Å². The lowest BCUT2D eigenvalue weighted by atomic mass is 9.82. The van der Waals surface area contributed by atoms with E-state index < -0.39 is 0 Å². The number of nitrogens with zero attached hydrogens (tertiary/aromatic N) is 1. The van der Waals surface area contributed by atoms with Crippen LogP contribution >= 0.6 is 0 Å². The van der Waals surface area contributed by atoms with Crippen LogP contribution in [0.2, 0.25) is 0 Å². The molecule has 6 heteroatoms. The summed E-state index contributed by atoms with van der Waals surface area (Å²) >= 11 is 0. The predicted octanol–water partition coefficient (Wildman–Crippen LogP) is 3.46. The summed E-state index contributed by atoms with van der Waals surface area (Å²) in [4.78, 5) is 27.7. The number of urea groups is 1. The van der Waals surface area contributed by atoms with Crippen LogP contribution < -0.4 is 15.4 Å². The van der Waals surface area contributed by atoms with E-state index in [1.165, 1.54) is 0 Å². The average Bonchev–Trinajstić information content (AvgIpc) is 2.77. The molecule has 28 heavy (non-hydrogen) atoms. The predicted molar refractivity (Wildman–Crippen MR) is 109 cm³/mol. The number of hydrogen-bond acceptors (Lipinski definition) is 3. The number of ether oxygens (including phenoxy) is 1. The van der Waals surface area contributed by atoms with E-state index in [1.54, 1.807) is 7.11 Å². The van der Waals surface area contributed by atoms with E-state index in [1.807, 2.05) is 29.2 Å². The molecule has 1 aliphatic heterocycles. The van der Waals surface area contributed by atoms with Gasteiger partial charge in [-0.25, -0.2) is 4.79 Å². The Morgan fingerprint density at radius 2 is 1.86 bits per heavy atom. The molecule has 0 aromatic heterocycles. The molecule has 2 atom stereocenters. The third kappa shape index (κ3) is 5.40. The summed E-state index contributed by atoms with van der Waals surface area (Å²) in [6.07, 6.45) is 8.13. The van der Waals surface area contributed by atoms with Crippen molar-refractivity contribution in [2.45, 2.75) is 64.0 Å². The fourth-order valence-corrected chi connectivity index (χ4v) is 4.33. The molecule has 2 unspecified atom stereocenters. The van der Waals surface area contributed by atoms with Crippen LogP contribution in [0.4, 0.5) is 4.79 Å². The van der Waals surface area contributed by atoms with Crippen molar-refractivity contribution in [3.05, 3.63) is 29.8 Å². The number of benzene rings is 1. The van der Waals surface area contributed by atoms with Gasteiger partial charge in [-0.2, -0.15) is 0 Å². The summed E-state index contributed by atoms with van der Waals surface area (Å²) in [6.45, 7) is 1.96. The number of rotatable bonds is 3. The molecule has 1 saturated heterocycles. The monoisotopic (exact) mass is 387 g/mol. The van der Waals surface area contributed by atoms with Crippen LogP contribution in [0.5, 0.6) is 5.75 Å². The summed E-state index contributed by atoms with van der Waals surface area (Å²) in [5.41, 5.74) is 1.03. The molecule has 1 aromatic rings. The molecule has 0 radical (unpaired) electrons. The molecule has 2 fully saturated rings. The Morgan fingerprint density at radius 3 is 2.64 bits per heavy atom. The summed E-state index contributed by atoms with van der Waals surface area (Å²) in [5.74, 6) is 0.844. The Balaban J connectivity index is 1.68. The van der Waals surface area contributed by atoms with Gasteiger partial charge in [-0.15, -0.1) is 0 Å². The fourth-order valence-electron chi connectivity index (χ4n) is 4.33. The van der Waals surface area contributed by atoms with E-state index in [0.29, 0.717) is 6.54 Å². The molecule has 1 aliphatic carbocycles. The molecule has 154 valence electrons.